The number of nitrogens with one attached hydrogen (secondary N) is 1. The van der Waals surface area contributed by atoms with Crippen LogP contribution in [0.4, 0.5) is 0 Å². The highest BCUT2D eigenvalue weighted by atomic mass is 32.2. The zero-order chi connectivity index (χ0) is 28.9. The van der Waals surface area contributed by atoms with Crippen LogP contribution in [0.15, 0.2) is 41.3 Å². The van der Waals surface area contributed by atoms with Crippen molar-refractivity contribution >= 4 is 21.8 Å². The van der Waals surface area contributed by atoms with Gasteiger partial charge in [-0.3, -0.25) is 9.59 Å². The number of nitrogens with zero attached hydrogens (tertiary/aromatic N) is 3. The number of ether oxygens (including phenoxy) is 1. The number of amides is 2. The highest BCUT2D eigenvalue weighted by Gasteiger charge is 2.26. The summed E-state index contributed by atoms with van der Waals surface area (Å²) in [5.74, 6) is 0.893. The van der Waals surface area contributed by atoms with Crippen LogP contribution in [0.25, 0.3) is 0 Å². The zero-order valence-corrected chi connectivity index (χ0v) is 24.9. The smallest absolute Gasteiger partial charge is 0.243 e. The molecule has 2 aromatic rings. The van der Waals surface area contributed by atoms with Crippen molar-refractivity contribution in [2.45, 2.75) is 50.5 Å². The number of benzene rings is 2. The minimum absolute atomic E-state index is 0.00310. The van der Waals surface area contributed by atoms with Crippen molar-refractivity contribution in [2.75, 3.05) is 53.9 Å². The van der Waals surface area contributed by atoms with Gasteiger partial charge in [-0.2, -0.15) is 0 Å². The summed E-state index contributed by atoms with van der Waals surface area (Å²) in [6.45, 7) is 5.45. The number of carbonyl (C=O) groups is 2. The number of sulfonamides is 1. The van der Waals surface area contributed by atoms with Gasteiger partial charge in [-0.15, -0.1) is 0 Å². The van der Waals surface area contributed by atoms with E-state index < -0.39 is 10.0 Å². The molecule has 1 aliphatic carbocycles. The lowest BCUT2D eigenvalue weighted by Gasteiger charge is -2.20. The monoisotopic (exact) mass is 570 g/mol. The number of fused-ring (bicyclic) bond motifs is 1. The van der Waals surface area contributed by atoms with Crippen LogP contribution in [0, 0.1) is 12.8 Å². The van der Waals surface area contributed by atoms with E-state index in [9.17, 15) is 18.0 Å². The molecule has 218 valence electrons. The Morgan fingerprint density at radius 1 is 1.05 bits per heavy atom. The van der Waals surface area contributed by atoms with E-state index in [0.29, 0.717) is 17.9 Å². The lowest BCUT2D eigenvalue weighted by Crippen LogP contribution is -2.39. The second-order valence-corrected chi connectivity index (χ2v) is 13.1. The number of rotatable bonds is 12. The first-order valence-corrected chi connectivity index (χ1v) is 15.5. The average molecular weight is 571 g/mol. The van der Waals surface area contributed by atoms with Crippen LogP contribution >= 0.6 is 0 Å². The largest absolute Gasteiger partial charge is 0.497 e. The molecule has 40 heavy (non-hydrogen) atoms. The number of hydrogen-bond acceptors (Lipinski definition) is 6. The van der Waals surface area contributed by atoms with Gasteiger partial charge in [-0.1, -0.05) is 18.2 Å². The van der Waals surface area contributed by atoms with Crippen LogP contribution in [-0.2, 0) is 39.0 Å². The van der Waals surface area contributed by atoms with E-state index in [-0.39, 0.29) is 36.2 Å². The molecule has 0 atom stereocenters. The molecule has 1 N–H and O–H groups in total. The molecule has 10 heteroatoms. The Balaban J connectivity index is 1.22. The molecule has 0 unspecified atom stereocenters. The SMILES string of the molecule is COc1ccc(S(=O)(=O)N(C)CCC(=O)NCC(=O)N(C)Cc2ccc3c(c2)CCN(CC2CC2)CC3)c(C)c1. The van der Waals surface area contributed by atoms with E-state index in [0.717, 1.165) is 41.7 Å². The molecule has 1 aliphatic heterocycles. The van der Waals surface area contributed by atoms with Crippen LogP contribution in [0.1, 0.15) is 41.5 Å². The highest BCUT2D eigenvalue weighted by molar-refractivity contribution is 7.89. The standard InChI is InChI=1S/C30H42N4O5S/c1-22-17-27(39-4)9-10-28(22)40(37,38)33(3)14-13-29(35)31-19-30(36)32(2)20-24-7-8-25-11-15-34(21-23-5-6-23)16-12-26(25)18-24/h7-10,17-18,23H,5-6,11-16,19-21H2,1-4H3,(H,31,35). The molecule has 2 aromatic carbocycles. The third-order valence-corrected chi connectivity index (χ3v) is 9.90. The van der Waals surface area contributed by atoms with E-state index in [2.05, 4.69) is 28.4 Å². The van der Waals surface area contributed by atoms with Crippen molar-refractivity contribution in [3.63, 3.8) is 0 Å². The van der Waals surface area contributed by atoms with Crippen molar-refractivity contribution in [3.8, 4) is 5.75 Å². The lowest BCUT2D eigenvalue weighted by molar-refractivity contribution is -0.132. The predicted octanol–water partition coefficient (Wildman–Crippen LogP) is 2.60. The minimum Gasteiger partial charge on any atom is -0.497 e. The van der Waals surface area contributed by atoms with E-state index in [1.165, 1.54) is 50.7 Å². The van der Waals surface area contributed by atoms with E-state index in [1.54, 1.807) is 31.0 Å². The molecule has 4 rings (SSSR count). The van der Waals surface area contributed by atoms with Gasteiger partial charge in [0.05, 0.1) is 18.6 Å². The zero-order valence-electron chi connectivity index (χ0n) is 24.1. The predicted molar refractivity (Wildman–Crippen MR) is 155 cm³/mol. The van der Waals surface area contributed by atoms with Crippen molar-refractivity contribution < 1.29 is 22.7 Å². The summed E-state index contributed by atoms with van der Waals surface area (Å²) in [7, 11) is 0.929. The summed E-state index contributed by atoms with van der Waals surface area (Å²) in [6.07, 6.45) is 4.80. The highest BCUT2D eigenvalue weighted by Crippen LogP contribution is 2.30. The van der Waals surface area contributed by atoms with Gasteiger partial charge in [-0.25, -0.2) is 12.7 Å². The molecule has 0 spiro atoms. The number of aryl methyl sites for hydroxylation is 1. The second-order valence-electron chi connectivity index (χ2n) is 11.1. The first kappa shape index (κ1) is 30.0. The van der Waals surface area contributed by atoms with E-state index in [1.807, 2.05) is 0 Å². The van der Waals surface area contributed by atoms with Crippen molar-refractivity contribution in [2.24, 2.45) is 5.92 Å². The molecule has 2 aliphatic rings. The number of hydrogen-bond donors (Lipinski definition) is 1. The van der Waals surface area contributed by atoms with Gasteiger partial charge >= 0.3 is 0 Å². The normalized spacial score (nSPS) is 15.8. The molecule has 9 nitrogen and oxygen atoms in total. The Morgan fingerprint density at radius 3 is 2.45 bits per heavy atom. The first-order chi connectivity index (χ1) is 19.1. The first-order valence-electron chi connectivity index (χ1n) is 14.0. The average Bonchev–Trinajstić information content (AvgIpc) is 3.77. The minimum atomic E-state index is -3.76. The van der Waals surface area contributed by atoms with Crippen LogP contribution in [0.3, 0.4) is 0 Å². The molecule has 1 saturated carbocycles. The van der Waals surface area contributed by atoms with Crippen molar-refractivity contribution in [3.05, 3.63) is 58.7 Å². The molecule has 2 amide bonds. The van der Waals surface area contributed by atoms with E-state index >= 15 is 0 Å². The van der Waals surface area contributed by atoms with Crippen molar-refractivity contribution in [1.82, 2.24) is 19.4 Å². The number of methoxy groups -OCH3 is 1. The van der Waals surface area contributed by atoms with Crippen LogP contribution in [-0.4, -0.2) is 88.3 Å². The maximum Gasteiger partial charge on any atom is 0.243 e. The van der Waals surface area contributed by atoms with Gasteiger partial charge in [0.15, 0.2) is 0 Å². The fourth-order valence-electron chi connectivity index (χ4n) is 5.12. The van der Waals surface area contributed by atoms with Gasteiger partial charge < -0.3 is 19.9 Å². The third-order valence-electron chi connectivity index (χ3n) is 7.89. The quantitative estimate of drug-likeness (QED) is 0.421. The van der Waals surface area contributed by atoms with Gasteiger partial charge in [-0.05, 0) is 79.0 Å². The van der Waals surface area contributed by atoms with Gasteiger partial charge in [0.1, 0.15) is 5.75 Å². The summed E-state index contributed by atoms with van der Waals surface area (Å²) < 4.78 is 32.2. The van der Waals surface area contributed by atoms with Gasteiger partial charge in [0.25, 0.3) is 0 Å². The molecule has 0 aromatic heterocycles. The molecule has 1 fully saturated rings. The molecular formula is C30H42N4O5S. The number of likely N-dealkylation sites (N-methyl/N-ethyl adjacent to an activating group) is 1. The fourth-order valence-corrected chi connectivity index (χ4v) is 6.49. The Morgan fingerprint density at radius 2 is 1.77 bits per heavy atom. The third kappa shape index (κ3) is 7.83. The summed E-state index contributed by atoms with van der Waals surface area (Å²) >= 11 is 0. The van der Waals surface area contributed by atoms with Crippen molar-refractivity contribution in [1.29, 1.82) is 0 Å². The maximum atomic E-state index is 13.0. The van der Waals surface area contributed by atoms with Crippen LogP contribution in [0.2, 0.25) is 0 Å². The second kappa shape index (κ2) is 13.1. The molecular weight excluding hydrogens is 528 g/mol. The maximum absolute atomic E-state index is 13.0. The molecule has 0 radical (unpaired) electrons. The number of carbonyl (C=O) groups excluding carboxylic acids is 2. The molecule has 1 heterocycles. The summed E-state index contributed by atoms with van der Waals surface area (Å²) in [6, 6.07) is 11.3. The van der Waals surface area contributed by atoms with E-state index in [4.69, 9.17) is 4.74 Å². The topological polar surface area (TPSA) is 99.3 Å². The molecule has 0 bridgehead atoms. The summed E-state index contributed by atoms with van der Waals surface area (Å²) in [4.78, 5) is 29.5. The Kier molecular flexibility index (Phi) is 9.86. The van der Waals surface area contributed by atoms with Gasteiger partial charge in [0, 0.05) is 53.2 Å². The Hall–Kier alpha value is -2.95. The fraction of sp³-hybridized carbons (Fsp3) is 0.533. The lowest BCUT2D eigenvalue weighted by atomic mass is 10.00. The Bertz CT molecular complexity index is 1330. The van der Waals surface area contributed by atoms with Crippen LogP contribution in [0.5, 0.6) is 5.75 Å². The Labute approximate surface area is 238 Å². The van der Waals surface area contributed by atoms with Gasteiger partial charge in [0.2, 0.25) is 21.8 Å². The summed E-state index contributed by atoms with van der Waals surface area (Å²) in [5.41, 5.74) is 4.41. The molecule has 0 saturated heterocycles. The summed E-state index contributed by atoms with van der Waals surface area (Å²) in [5, 5.41) is 2.63. The van der Waals surface area contributed by atoms with Crippen LogP contribution < -0.4 is 10.1 Å².